The lowest BCUT2D eigenvalue weighted by Crippen LogP contribution is -2.43. The second-order valence-electron chi connectivity index (χ2n) is 8.31. The quantitative estimate of drug-likeness (QED) is 0.627. The van der Waals surface area contributed by atoms with Crippen molar-refractivity contribution >= 4 is 11.5 Å². The van der Waals surface area contributed by atoms with E-state index in [9.17, 15) is 18.0 Å². The second kappa shape index (κ2) is 8.80. The van der Waals surface area contributed by atoms with Crippen LogP contribution >= 0.6 is 0 Å². The van der Waals surface area contributed by atoms with Gasteiger partial charge < -0.3 is 9.80 Å². The Morgan fingerprint density at radius 3 is 2.33 bits per heavy atom. The molecule has 0 saturated carbocycles. The van der Waals surface area contributed by atoms with Crippen LogP contribution in [0.25, 0.3) is 0 Å². The van der Waals surface area contributed by atoms with Crippen molar-refractivity contribution in [2.75, 3.05) is 31.1 Å². The van der Waals surface area contributed by atoms with Crippen LogP contribution in [0.3, 0.4) is 0 Å². The lowest BCUT2D eigenvalue weighted by Gasteiger charge is -2.37. The SMILES string of the molecule is O=C(Cc1cccc(C(F)(F)F)c1)c1cccc(N2CCC(N3CCCC3)CC2)c1. The number of rotatable bonds is 5. The molecule has 2 fully saturated rings. The normalized spacial score (nSPS) is 18.7. The highest BCUT2D eigenvalue weighted by atomic mass is 19.4. The highest BCUT2D eigenvalue weighted by Gasteiger charge is 2.30. The predicted molar refractivity (Wildman–Crippen MR) is 112 cm³/mol. The van der Waals surface area contributed by atoms with Gasteiger partial charge in [0.05, 0.1) is 5.56 Å². The highest BCUT2D eigenvalue weighted by molar-refractivity contribution is 5.98. The van der Waals surface area contributed by atoms with Crippen molar-refractivity contribution in [3.63, 3.8) is 0 Å². The van der Waals surface area contributed by atoms with Gasteiger partial charge in [-0.1, -0.05) is 30.3 Å². The average Bonchev–Trinajstić information content (AvgIpc) is 3.28. The molecule has 0 atom stereocenters. The first kappa shape index (κ1) is 20.9. The van der Waals surface area contributed by atoms with E-state index in [0.717, 1.165) is 43.8 Å². The van der Waals surface area contributed by atoms with Crippen LogP contribution in [0.1, 0.15) is 47.2 Å². The summed E-state index contributed by atoms with van der Waals surface area (Å²) in [5, 5.41) is 0. The van der Waals surface area contributed by atoms with Crippen molar-refractivity contribution in [3.8, 4) is 0 Å². The number of benzene rings is 2. The van der Waals surface area contributed by atoms with E-state index in [1.807, 2.05) is 18.2 Å². The van der Waals surface area contributed by atoms with Crippen molar-refractivity contribution in [3.05, 3.63) is 65.2 Å². The molecule has 0 radical (unpaired) electrons. The molecule has 2 saturated heterocycles. The minimum Gasteiger partial charge on any atom is -0.371 e. The molecule has 2 heterocycles. The third kappa shape index (κ3) is 4.86. The van der Waals surface area contributed by atoms with Gasteiger partial charge in [-0.05, 0) is 62.5 Å². The second-order valence-corrected chi connectivity index (χ2v) is 8.31. The number of hydrogen-bond acceptors (Lipinski definition) is 3. The summed E-state index contributed by atoms with van der Waals surface area (Å²) >= 11 is 0. The molecule has 0 unspecified atom stereocenters. The van der Waals surface area contributed by atoms with Crippen LogP contribution in [0.5, 0.6) is 0 Å². The zero-order chi connectivity index (χ0) is 21.1. The number of likely N-dealkylation sites (tertiary alicyclic amines) is 1. The molecule has 2 aliphatic heterocycles. The fraction of sp³-hybridized carbons (Fsp3) is 0.458. The third-order valence-electron chi connectivity index (χ3n) is 6.27. The molecule has 2 aromatic carbocycles. The van der Waals surface area contributed by atoms with E-state index in [4.69, 9.17) is 0 Å². The molecule has 3 nitrogen and oxygen atoms in total. The van der Waals surface area contributed by atoms with Crippen molar-refractivity contribution in [2.24, 2.45) is 0 Å². The van der Waals surface area contributed by atoms with Crippen molar-refractivity contribution in [1.29, 1.82) is 0 Å². The van der Waals surface area contributed by atoms with Gasteiger partial charge >= 0.3 is 6.18 Å². The molecular formula is C24H27F3N2O. The Morgan fingerprint density at radius 2 is 1.63 bits per heavy atom. The minimum absolute atomic E-state index is 0.0373. The fourth-order valence-corrected chi connectivity index (χ4v) is 4.62. The van der Waals surface area contributed by atoms with Crippen LogP contribution < -0.4 is 4.90 Å². The van der Waals surface area contributed by atoms with E-state index in [1.54, 1.807) is 12.1 Å². The smallest absolute Gasteiger partial charge is 0.371 e. The number of Topliss-reactive ketones (excluding diaryl/α,β-unsaturated/α-hetero) is 1. The fourth-order valence-electron chi connectivity index (χ4n) is 4.62. The summed E-state index contributed by atoms with van der Waals surface area (Å²) in [5.41, 5.74) is 1.23. The summed E-state index contributed by atoms with van der Waals surface area (Å²) in [6.07, 6.45) is 0.419. The van der Waals surface area contributed by atoms with Gasteiger partial charge in [-0.3, -0.25) is 4.79 Å². The summed E-state index contributed by atoms with van der Waals surface area (Å²) in [6, 6.07) is 13.2. The highest BCUT2D eigenvalue weighted by Crippen LogP contribution is 2.30. The topological polar surface area (TPSA) is 23.6 Å². The monoisotopic (exact) mass is 416 g/mol. The molecule has 0 bridgehead atoms. The molecule has 6 heteroatoms. The molecule has 0 N–H and O–H groups in total. The zero-order valence-electron chi connectivity index (χ0n) is 17.0. The van der Waals surface area contributed by atoms with Crippen LogP contribution in [0.2, 0.25) is 0 Å². The Balaban J connectivity index is 1.40. The number of nitrogens with zero attached hydrogens (tertiary/aromatic N) is 2. The van der Waals surface area contributed by atoms with Crippen LogP contribution in [0.15, 0.2) is 48.5 Å². The van der Waals surface area contributed by atoms with Gasteiger partial charge in [0.25, 0.3) is 0 Å². The Kier molecular flexibility index (Phi) is 6.14. The molecule has 0 aliphatic carbocycles. The van der Waals surface area contributed by atoms with Crippen LogP contribution in [0, 0.1) is 0 Å². The van der Waals surface area contributed by atoms with Crippen LogP contribution in [-0.2, 0) is 12.6 Å². The first-order valence-corrected chi connectivity index (χ1v) is 10.7. The minimum atomic E-state index is -4.40. The Bertz CT molecular complexity index is 882. The number of ketones is 1. The lowest BCUT2D eigenvalue weighted by atomic mass is 9.99. The maximum absolute atomic E-state index is 12.9. The van der Waals surface area contributed by atoms with Gasteiger partial charge in [0.1, 0.15) is 0 Å². The van der Waals surface area contributed by atoms with Crippen LogP contribution in [0.4, 0.5) is 18.9 Å². The van der Waals surface area contributed by atoms with E-state index in [2.05, 4.69) is 9.80 Å². The number of anilines is 1. The Hall–Kier alpha value is -2.34. The van der Waals surface area contributed by atoms with E-state index in [0.29, 0.717) is 17.2 Å². The third-order valence-corrected chi connectivity index (χ3v) is 6.27. The maximum Gasteiger partial charge on any atom is 0.416 e. The molecule has 2 aromatic rings. The summed E-state index contributed by atoms with van der Waals surface area (Å²) in [4.78, 5) is 17.6. The van der Waals surface area contributed by atoms with Gasteiger partial charge in [-0.15, -0.1) is 0 Å². The number of hydrogen-bond donors (Lipinski definition) is 0. The molecule has 4 rings (SSSR count). The summed E-state index contributed by atoms with van der Waals surface area (Å²) in [5.74, 6) is -0.164. The number of piperidine rings is 1. The molecule has 0 amide bonds. The molecular weight excluding hydrogens is 389 g/mol. The molecule has 0 spiro atoms. The van der Waals surface area contributed by atoms with Crippen LogP contribution in [-0.4, -0.2) is 42.9 Å². The predicted octanol–water partition coefficient (Wildman–Crippen LogP) is 5.20. The summed E-state index contributed by atoms with van der Waals surface area (Å²) < 4.78 is 38.8. The maximum atomic E-state index is 12.9. The van der Waals surface area contributed by atoms with Gasteiger partial charge in [0.2, 0.25) is 0 Å². The van der Waals surface area contributed by atoms with Gasteiger partial charge in [-0.25, -0.2) is 0 Å². The van der Waals surface area contributed by atoms with Crippen molar-refractivity contribution < 1.29 is 18.0 Å². The van der Waals surface area contributed by atoms with Gasteiger partial charge in [0, 0.05) is 36.8 Å². The largest absolute Gasteiger partial charge is 0.416 e. The molecule has 2 aliphatic rings. The number of carbonyl (C=O) groups is 1. The van der Waals surface area contributed by atoms with E-state index in [1.165, 1.54) is 32.0 Å². The first-order valence-electron chi connectivity index (χ1n) is 10.7. The number of carbonyl (C=O) groups excluding carboxylic acids is 1. The lowest BCUT2D eigenvalue weighted by molar-refractivity contribution is -0.137. The van der Waals surface area contributed by atoms with E-state index < -0.39 is 11.7 Å². The van der Waals surface area contributed by atoms with Gasteiger partial charge in [0.15, 0.2) is 5.78 Å². The van der Waals surface area contributed by atoms with Crippen molar-refractivity contribution in [1.82, 2.24) is 4.90 Å². The Morgan fingerprint density at radius 1 is 0.933 bits per heavy atom. The molecule has 30 heavy (non-hydrogen) atoms. The zero-order valence-corrected chi connectivity index (χ0v) is 17.0. The standard InChI is InChI=1S/C24H27F3N2O/c25-24(26,27)20-7-3-5-18(15-20)16-23(30)19-6-4-8-22(17-19)29-13-9-21(10-14-29)28-11-1-2-12-28/h3-8,15,17,21H,1-2,9-14,16H2. The van der Waals surface area contributed by atoms with Crippen molar-refractivity contribution in [2.45, 2.75) is 44.3 Å². The van der Waals surface area contributed by atoms with E-state index in [-0.39, 0.29) is 12.2 Å². The molecule has 160 valence electrons. The average molecular weight is 416 g/mol. The first-order chi connectivity index (χ1) is 14.4. The van der Waals surface area contributed by atoms with E-state index >= 15 is 0 Å². The summed E-state index contributed by atoms with van der Waals surface area (Å²) in [7, 11) is 0. The summed E-state index contributed by atoms with van der Waals surface area (Å²) in [6.45, 7) is 4.35. The number of halogens is 3. The van der Waals surface area contributed by atoms with Gasteiger partial charge in [-0.2, -0.15) is 13.2 Å². The Labute approximate surface area is 175 Å². The molecule has 0 aromatic heterocycles. The number of alkyl halides is 3.